The van der Waals surface area contributed by atoms with Gasteiger partial charge >= 0.3 is 0 Å². The summed E-state index contributed by atoms with van der Waals surface area (Å²) in [5.41, 5.74) is 0. The number of carbonyl (C=O) groups is 1. The smallest absolute Gasteiger partial charge is 0.220 e. The molecule has 0 spiro atoms. The molecule has 0 bridgehead atoms. The van der Waals surface area contributed by atoms with Crippen molar-refractivity contribution in [3.05, 3.63) is 22.4 Å². The van der Waals surface area contributed by atoms with E-state index in [-0.39, 0.29) is 24.4 Å². The van der Waals surface area contributed by atoms with Gasteiger partial charge in [0.25, 0.3) is 0 Å². The van der Waals surface area contributed by atoms with Crippen molar-refractivity contribution in [2.45, 2.75) is 32.2 Å². The van der Waals surface area contributed by atoms with Crippen molar-refractivity contribution in [2.75, 3.05) is 13.6 Å². The molecule has 1 heterocycles. The van der Waals surface area contributed by atoms with Crippen LogP contribution in [-0.2, 0) is 4.79 Å². The molecule has 0 aliphatic heterocycles. The van der Waals surface area contributed by atoms with Crippen molar-refractivity contribution < 1.29 is 4.79 Å². The first kappa shape index (κ1) is 16.4. The van der Waals surface area contributed by atoms with Gasteiger partial charge in [0.05, 0.1) is 6.04 Å². The van der Waals surface area contributed by atoms with Gasteiger partial charge in [-0.15, -0.1) is 23.7 Å². The van der Waals surface area contributed by atoms with E-state index in [2.05, 4.69) is 23.6 Å². The van der Waals surface area contributed by atoms with E-state index in [1.54, 1.807) is 11.3 Å². The zero-order chi connectivity index (χ0) is 11.8. The minimum Gasteiger partial charge on any atom is -0.348 e. The summed E-state index contributed by atoms with van der Waals surface area (Å²) in [5.74, 6) is 0.149. The second-order valence-electron chi connectivity index (χ2n) is 3.75. The summed E-state index contributed by atoms with van der Waals surface area (Å²) in [6, 6.07) is 4.28. The largest absolute Gasteiger partial charge is 0.348 e. The predicted molar refractivity (Wildman–Crippen MR) is 75.9 cm³/mol. The normalized spacial score (nSPS) is 11.6. The Kier molecular flexibility index (Phi) is 9.13. The predicted octanol–water partition coefficient (Wildman–Crippen LogP) is 2.74. The Balaban J connectivity index is 0.00000256. The van der Waals surface area contributed by atoms with Crippen LogP contribution in [0.2, 0.25) is 0 Å². The fourth-order valence-electron chi connectivity index (χ4n) is 1.56. The van der Waals surface area contributed by atoms with E-state index < -0.39 is 0 Å². The highest BCUT2D eigenvalue weighted by Crippen LogP contribution is 2.21. The topological polar surface area (TPSA) is 41.1 Å². The van der Waals surface area contributed by atoms with Gasteiger partial charge in [0.2, 0.25) is 5.91 Å². The Morgan fingerprint density at radius 1 is 1.53 bits per heavy atom. The van der Waals surface area contributed by atoms with Gasteiger partial charge in [0, 0.05) is 11.3 Å². The van der Waals surface area contributed by atoms with Crippen LogP contribution in [0.1, 0.15) is 37.1 Å². The molecule has 0 saturated carbocycles. The average Bonchev–Trinajstić information content (AvgIpc) is 2.79. The fourth-order valence-corrected chi connectivity index (χ4v) is 2.42. The maximum absolute atomic E-state index is 11.6. The summed E-state index contributed by atoms with van der Waals surface area (Å²) in [6.45, 7) is 2.99. The average molecular weight is 277 g/mol. The first-order chi connectivity index (χ1) is 7.77. The first-order valence-corrected chi connectivity index (χ1v) is 6.63. The van der Waals surface area contributed by atoms with Crippen molar-refractivity contribution in [3.63, 3.8) is 0 Å². The summed E-state index contributed by atoms with van der Waals surface area (Å²) in [4.78, 5) is 12.9. The van der Waals surface area contributed by atoms with Crippen LogP contribution in [0.4, 0.5) is 0 Å². The Morgan fingerprint density at radius 2 is 2.29 bits per heavy atom. The monoisotopic (exact) mass is 276 g/mol. The van der Waals surface area contributed by atoms with Gasteiger partial charge in [0.15, 0.2) is 0 Å². The third-order valence-electron chi connectivity index (χ3n) is 2.46. The van der Waals surface area contributed by atoms with E-state index in [1.165, 1.54) is 4.88 Å². The lowest BCUT2D eigenvalue weighted by Gasteiger charge is -2.15. The van der Waals surface area contributed by atoms with Crippen molar-refractivity contribution in [3.8, 4) is 0 Å². The van der Waals surface area contributed by atoms with E-state index in [0.717, 1.165) is 19.4 Å². The second kappa shape index (κ2) is 9.45. The van der Waals surface area contributed by atoms with Gasteiger partial charge in [0.1, 0.15) is 0 Å². The molecule has 0 aliphatic rings. The van der Waals surface area contributed by atoms with E-state index in [4.69, 9.17) is 0 Å². The molecule has 1 aromatic rings. The molecule has 0 aromatic carbocycles. The van der Waals surface area contributed by atoms with Crippen LogP contribution in [-0.4, -0.2) is 19.5 Å². The van der Waals surface area contributed by atoms with Gasteiger partial charge in [-0.2, -0.15) is 0 Å². The summed E-state index contributed by atoms with van der Waals surface area (Å²) in [5, 5.41) is 8.16. The van der Waals surface area contributed by atoms with Crippen LogP contribution >= 0.6 is 23.7 Å². The van der Waals surface area contributed by atoms with Crippen LogP contribution in [0.5, 0.6) is 0 Å². The lowest BCUT2D eigenvalue weighted by atomic mass is 10.1. The molecule has 1 atom stereocenters. The standard InChI is InChI=1S/C12H20N2OS.ClH/c1-3-10(11-6-5-9-16-11)14-12(15)7-4-8-13-2;/h5-6,9-10,13H,3-4,7-8H2,1-2H3,(H,14,15);1H. The number of nitrogens with one attached hydrogen (secondary N) is 2. The molecule has 5 heteroatoms. The van der Waals surface area contributed by atoms with Gasteiger partial charge in [-0.25, -0.2) is 0 Å². The van der Waals surface area contributed by atoms with Crippen molar-refractivity contribution in [1.29, 1.82) is 0 Å². The van der Waals surface area contributed by atoms with Gasteiger partial charge in [-0.3, -0.25) is 4.79 Å². The molecule has 1 aromatic heterocycles. The highest BCUT2D eigenvalue weighted by Gasteiger charge is 2.12. The van der Waals surface area contributed by atoms with E-state index in [9.17, 15) is 4.79 Å². The molecule has 1 amide bonds. The SMILES string of the molecule is CCC(NC(=O)CCCNC)c1cccs1.Cl. The number of amides is 1. The first-order valence-electron chi connectivity index (χ1n) is 5.75. The Morgan fingerprint density at radius 3 is 2.82 bits per heavy atom. The number of rotatable bonds is 7. The van der Waals surface area contributed by atoms with Crippen molar-refractivity contribution in [1.82, 2.24) is 10.6 Å². The molecular formula is C12H21ClN2OS. The number of carbonyl (C=O) groups excluding carboxylic acids is 1. The summed E-state index contributed by atoms with van der Waals surface area (Å²) in [7, 11) is 1.90. The molecule has 3 nitrogen and oxygen atoms in total. The summed E-state index contributed by atoms with van der Waals surface area (Å²) in [6.07, 6.45) is 2.43. The maximum Gasteiger partial charge on any atom is 0.220 e. The second-order valence-corrected chi connectivity index (χ2v) is 4.73. The molecule has 2 N–H and O–H groups in total. The minimum absolute atomic E-state index is 0. The maximum atomic E-state index is 11.6. The molecule has 98 valence electrons. The molecule has 0 aliphatic carbocycles. The van der Waals surface area contributed by atoms with Crippen LogP contribution < -0.4 is 10.6 Å². The van der Waals surface area contributed by atoms with Crippen molar-refractivity contribution in [2.24, 2.45) is 0 Å². The Labute approximate surface area is 113 Å². The van der Waals surface area contributed by atoms with E-state index >= 15 is 0 Å². The molecule has 0 radical (unpaired) electrons. The van der Waals surface area contributed by atoms with E-state index in [0.29, 0.717) is 6.42 Å². The summed E-state index contributed by atoms with van der Waals surface area (Å²) < 4.78 is 0. The molecule has 1 rings (SSSR count). The van der Waals surface area contributed by atoms with E-state index in [1.807, 2.05) is 18.5 Å². The van der Waals surface area contributed by atoms with Gasteiger partial charge < -0.3 is 10.6 Å². The number of hydrogen-bond acceptors (Lipinski definition) is 3. The highest BCUT2D eigenvalue weighted by atomic mass is 35.5. The number of thiophene rings is 1. The lowest BCUT2D eigenvalue weighted by Crippen LogP contribution is -2.28. The van der Waals surface area contributed by atoms with Gasteiger partial charge in [-0.05, 0) is 37.9 Å². The zero-order valence-corrected chi connectivity index (χ0v) is 12.0. The molecule has 0 saturated heterocycles. The molecular weight excluding hydrogens is 256 g/mol. The fraction of sp³-hybridized carbons (Fsp3) is 0.583. The summed E-state index contributed by atoms with van der Waals surface area (Å²) >= 11 is 1.70. The third kappa shape index (κ3) is 6.05. The van der Waals surface area contributed by atoms with Crippen LogP contribution in [0.15, 0.2) is 17.5 Å². The highest BCUT2D eigenvalue weighted by molar-refractivity contribution is 7.10. The molecule has 17 heavy (non-hydrogen) atoms. The lowest BCUT2D eigenvalue weighted by molar-refractivity contribution is -0.121. The zero-order valence-electron chi connectivity index (χ0n) is 10.4. The Hall–Kier alpha value is -0.580. The third-order valence-corrected chi connectivity index (χ3v) is 3.45. The Bertz CT molecular complexity index is 303. The van der Waals surface area contributed by atoms with Crippen molar-refractivity contribution >= 4 is 29.7 Å². The number of halogens is 1. The quantitative estimate of drug-likeness (QED) is 0.752. The van der Waals surface area contributed by atoms with Crippen LogP contribution in [0.25, 0.3) is 0 Å². The number of hydrogen-bond donors (Lipinski definition) is 2. The molecule has 0 fully saturated rings. The van der Waals surface area contributed by atoms with Gasteiger partial charge in [-0.1, -0.05) is 13.0 Å². The minimum atomic E-state index is 0. The van der Waals surface area contributed by atoms with Crippen LogP contribution in [0, 0.1) is 0 Å². The molecule has 1 unspecified atom stereocenters. The van der Waals surface area contributed by atoms with Crippen LogP contribution in [0.3, 0.4) is 0 Å².